The monoisotopic (exact) mass is 286 g/mol. The third-order valence-electron chi connectivity index (χ3n) is 3.17. The minimum absolute atomic E-state index is 0.460. The molecule has 0 fully saturated rings. The molecule has 0 aliphatic carbocycles. The van der Waals surface area contributed by atoms with Gasteiger partial charge in [-0.1, -0.05) is 23.4 Å². The first kappa shape index (κ1) is 12.7. The van der Waals surface area contributed by atoms with Gasteiger partial charge in [0.25, 0.3) is 0 Å². The number of rotatable bonds is 2. The standard InChI is InChI=1S/C15H14N2O2S/c1-9(17-18)16-11-6-3-5-10-14-12(19-2)7-4-8-13(14)20-15(10)11/h3-8,18H,1-2H3,(H,16,17). The molecular formula is C15H14N2O2S. The van der Waals surface area contributed by atoms with E-state index in [4.69, 9.17) is 9.94 Å². The number of hydrogen-bond donors (Lipinski definition) is 2. The molecule has 2 aromatic carbocycles. The highest BCUT2D eigenvalue weighted by atomic mass is 32.1. The van der Waals surface area contributed by atoms with Crippen molar-refractivity contribution in [2.75, 3.05) is 12.4 Å². The first-order valence-electron chi connectivity index (χ1n) is 6.18. The smallest absolute Gasteiger partial charge is 0.142 e. The summed E-state index contributed by atoms with van der Waals surface area (Å²) in [6.45, 7) is 1.72. The summed E-state index contributed by atoms with van der Waals surface area (Å²) in [5.41, 5.74) is 0.932. The molecular weight excluding hydrogens is 272 g/mol. The summed E-state index contributed by atoms with van der Waals surface area (Å²) in [6.07, 6.45) is 0. The topological polar surface area (TPSA) is 53.8 Å². The largest absolute Gasteiger partial charge is 0.496 e. The van der Waals surface area contributed by atoms with E-state index in [0.29, 0.717) is 5.84 Å². The SMILES string of the molecule is COc1cccc2sc3c(NC(C)=NO)cccc3c12. The lowest BCUT2D eigenvalue weighted by Crippen LogP contribution is -2.06. The first-order valence-corrected chi connectivity index (χ1v) is 7.00. The Hall–Kier alpha value is -2.27. The molecule has 0 saturated heterocycles. The van der Waals surface area contributed by atoms with Gasteiger partial charge in [-0.15, -0.1) is 11.3 Å². The lowest BCUT2D eigenvalue weighted by molar-refractivity contribution is 0.318. The molecule has 2 N–H and O–H groups in total. The molecule has 4 nitrogen and oxygen atoms in total. The van der Waals surface area contributed by atoms with Crippen molar-refractivity contribution in [2.24, 2.45) is 5.16 Å². The zero-order chi connectivity index (χ0) is 14.1. The molecule has 0 spiro atoms. The van der Waals surface area contributed by atoms with Crippen molar-refractivity contribution >= 4 is 43.0 Å². The molecule has 0 aliphatic rings. The highest BCUT2D eigenvalue weighted by Gasteiger charge is 2.12. The Balaban J connectivity index is 2.31. The van der Waals surface area contributed by atoms with E-state index in [9.17, 15) is 0 Å². The Kier molecular flexibility index (Phi) is 3.20. The van der Waals surface area contributed by atoms with Gasteiger partial charge >= 0.3 is 0 Å². The lowest BCUT2D eigenvalue weighted by atomic mass is 10.1. The number of fused-ring (bicyclic) bond motifs is 3. The number of oxime groups is 1. The second kappa shape index (κ2) is 5.02. The summed E-state index contributed by atoms with van der Waals surface area (Å²) in [4.78, 5) is 0. The van der Waals surface area contributed by atoms with E-state index in [1.165, 1.54) is 4.70 Å². The Bertz CT molecular complexity index is 808. The maximum Gasteiger partial charge on any atom is 0.142 e. The van der Waals surface area contributed by atoms with Gasteiger partial charge in [0.05, 0.1) is 17.5 Å². The van der Waals surface area contributed by atoms with Crippen LogP contribution in [0.25, 0.3) is 20.2 Å². The van der Waals surface area contributed by atoms with E-state index >= 15 is 0 Å². The normalized spacial score (nSPS) is 12.0. The molecule has 1 heterocycles. The van der Waals surface area contributed by atoms with Crippen molar-refractivity contribution in [3.8, 4) is 5.75 Å². The number of nitrogens with one attached hydrogen (secondary N) is 1. The quantitative estimate of drug-likeness (QED) is 0.320. The van der Waals surface area contributed by atoms with E-state index in [-0.39, 0.29) is 0 Å². The van der Waals surface area contributed by atoms with Crippen molar-refractivity contribution < 1.29 is 9.94 Å². The molecule has 3 rings (SSSR count). The van der Waals surface area contributed by atoms with Crippen molar-refractivity contribution in [3.05, 3.63) is 36.4 Å². The van der Waals surface area contributed by atoms with Crippen molar-refractivity contribution in [1.82, 2.24) is 0 Å². The number of methoxy groups -OCH3 is 1. The van der Waals surface area contributed by atoms with Gasteiger partial charge in [0, 0.05) is 15.5 Å². The minimum Gasteiger partial charge on any atom is -0.496 e. The summed E-state index contributed by atoms with van der Waals surface area (Å²) < 4.78 is 7.75. The van der Waals surface area contributed by atoms with E-state index in [1.54, 1.807) is 25.4 Å². The zero-order valence-corrected chi connectivity index (χ0v) is 12.0. The average Bonchev–Trinajstić information content (AvgIpc) is 2.87. The number of benzene rings is 2. The van der Waals surface area contributed by atoms with Crippen LogP contribution >= 0.6 is 11.3 Å². The second-order valence-electron chi connectivity index (χ2n) is 4.43. The minimum atomic E-state index is 0.460. The van der Waals surface area contributed by atoms with Crippen LogP contribution in [-0.4, -0.2) is 18.2 Å². The fourth-order valence-corrected chi connectivity index (χ4v) is 3.49. The van der Waals surface area contributed by atoms with Crippen LogP contribution in [0.1, 0.15) is 6.92 Å². The van der Waals surface area contributed by atoms with Crippen LogP contribution in [-0.2, 0) is 0 Å². The number of amidine groups is 1. The number of nitrogens with zero attached hydrogens (tertiary/aromatic N) is 1. The van der Waals surface area contributed by atoms with Crippen molar-refractivity contribution in [1.29, 1.82) is 0 Å². The Labute approximate surface area is 120 Å². The van der Waals surface area contributed by atoms with Gasteiger partial charge in [-0.3, -0.25) is 0 Å². The van der Waals surface area contributed by atoms with E-state index in [1.807, 2.05) is 24.3 Å². The predicted molar refractivity (Wildman–Crippen MR) is 84.4 cm³/mol. The average molecular weight is 286 g/mol. The van der Waals surface area contributed by atoms with Crippen LogP contribution in [0.4, 0.5) is 5.69 Å². The maximum absolute atomic E-state index is 8.80. The van der Waals surface area contributed by atoms with E-state index in [2.05, 4.69) is 22.6 Å². The summed E-state index contributed by atoms with van der Waals surface area (Å²) >= 11 is 1.69. The fourth-order valence-electron chi connectivity index (χ4n) is 2.30. The highest BCUT2D eigenvalue weighted by Crippen LogP contribution is 2.42. The van der Waals surface area contributed by atoms with Crippen molar-refractivity contribution in [3.63, 3.8) is 0 Å². The molecule has 0 atom stereocenters. The summed E-state index contributed by atoms with van der Waals surface area (Å²) in [6, 6.07) is 12.1. The first-order chi connectivity index (χ1) is 9.74. The van der Waals surface area contributed by atoms with Gasteiger partial charge in [0.1, 0.15) is 11.6 Å². The van der Waals surface area contributed by atoms with Gasteiger partial charge in [-0.05, 0) is 25.1 Å². The lowest BCUT2D eigenvalue weighted by Gasteiger charge is -2.05. The van der Waals surface area contributed by atoms with Crippen LogP contribution < -0.4 is 10.1 Å². The van der Waals surface area contributed by atoms with Crippen LogP contribution in [0.5, 0.6) is 5.75 Å². The molecule has 3 aromatic rings. The molecule has 0 amide bonds. The maximum atomic E-state index is 8.80. The molecule has 0 aliphatic heterocycles. The molecule has 0 radical (unpaired) electrons. The van der Waals surface area contributed by atoms with Gasteiger partial charge in [0.15, 0.2) is 0 Å². The molecule has 0 unspecified atom stereocenters. The van der Waals surface area contributed by atoms with Crippen LogP contribution in [0, 0.1) is 0 Å². The predicted octanol–water partition coefficient (Wildman–Crippen LogP) is 4.28. The van der Waals surface area contributed by atoms with E-state index in [0.717, 1.165) is 26.9 Å². The molecule has 0 saturated carbocycles. The summed E-state index contributed by atoms with van der Waals surface area (Å²) in [7, 11) is 1.68. The number of thiophene rings is 1. The number of hydrogen-bond acceptors (Lipinski definition) is 4. The molecule has 0 bridgehead atoms. The highest BCUT2D eigenvalue weighted by molar-refractivity contribution is 7.26. The van der Waals surface area contributed by atoms with Gasteiger partial charge < -0.3 is 15.3 Å². The third-order valence-corrected chi connectivity index (χ3v) is 4.37. The second-order valence-corrected chi connectivity index (χ2v) is 5.48. The van der Waals surface area contributed by atoms with Gasteiger partial charge in [0.2, 0.25) is 0 Å². The summed E-state index contributed by atoms with van der Waals surface area (Å²) in [5.74, 6) is 1.33. The van der Waals surface area contributed by atoms with E-state index < -0.39 is 0 Å². The van der Waals surface area contributed by atoms with Gasteiger partial charge in [-0.2, -0.15) is 0 Å². The Morgan fingerprint density at radius 2 is 2.05 bits per heavy atom. The van der Waals surface area contributed by atoms with Crippen LogP contribution in [0.2, 0.25) is 0 Å². The molecule has 5 heteroatoms. The zero-order valence-electron chi connectivity index (χ0n) is 11.2. The number of ether oxygens (including phenoxy) is 1. The number of anilines is 1. The summed E-state index contributed by atoms with van der Waals surface area (Å²) in [5, 5.41) is 17.3. The molecule has 1 aromatic heterocycles. The van der Waals surface area contributed by atoms with Gasteiger partial charge in [-0.25, -0.2) is 0 Å². The Morgan fingerprint density at radius 3 is 2.80 bits per heavy atom. The third kappa shape index (κ3) is 1.96. The molecule has 20 heavy (non-hydrogen) atoms. The van der Waals surface area contributed by atoms with Crippen molar-refractivity contribution in [2.45, 2.75) is 6.92 Å². The molecule has 102 valence electrons. The fraction of sp³-hybridized carbons (Fsp3) is 0.133. The van der Waals surface area contributed by atoms with Crippen LogP contribution in [0.15, 0.2) is 41.6 Å². The Morgan fingerprint density at radius 1 is 1.25 bits per heavy atom. The van der Waals surface area contributed by atoms with Crippen LogP contribution in [0.3, 0.4) is 0 Å².